The van der Waals surface area contributed by atoms with E-state index in [0.29, 0.717) is 31.6 Å². The predicted molar refractivity (Wildman–Crippen MR) is 137 cm³/mol. The normalized spacial score (nSPS) is 37.0. The molecule has 0 aromatic heterocycles. The van der Waals surface area contributed by atoms with Crippen LogP contribution < -0.4 is 5.73 Å². The summed E-state index contributed by atoms with van der Waals surface area (Å²) in [5, 5.41) is 0. The highest BCUT2D eigenvalue weighted by molar-refractivity contribution is 5.91. The van der Waals surface area contributed by atoms with Crippen molar-refractivity contribution in [3.8, 4) is 0 Å². The van der Waals surface area contributed by atoms with Crippen LogP contribution in [-0.2, 0) is 9.59 Å². The van der Waals surface area contributed by atoms with Gasteiger partial charge in [0.2, 0.25) is 18.2 Å². The van der Waals surface area contributed by atoms with Crippen molar-refractivity contribution in [2.45, 2.75) is 112 Å². The summed E-state index contributed by atoms with van der Waals surface area (Å²) in [5.74, 6) is -0.146. The highest BCUT2D eigenvalue weighted by Crippen LogP contribution is 2.54. The Labute approximate surface area is 218 Å². The molecular weight excluding hydrogens is 474 g/mol. The molecule has 6 nitrogen and oxygen atoms in total. The quantitative estimate of drug-likeness (QED) is 0.650. The molecule has 3 saturated heterocycles. The molecule has 0 unspecified atom stereocenters. The lowest BCUT2D eigenvalue weighted by Gasteiger charge is -2.46. The number of hydrogen-bond donors (Lipinski definition) is 1. The maximum Gasteiger partial charge on any atom is 0.245 e. The molecule has 5 fully saturated rings. The zero-order chi connectivity index (χ0) is 25.9. The largest absolute Gasteiger partial charge is 0.335 e. The first-order chi connectivity index (χ1) is 17.8. The first kappa shape index (κ1) is 25.2. The Morgan fingerprint density at radius 3 is 2.46 bits per heavy atom. The molecule has 5 aliphatic rings. The van der Waals surface area contributed by atoms with Gasteiger partial charge in [0, 0.05) is 42.0 Å². The minimum atomic E-state index is -2.24. The molecule has 2 aliphatic carbocycles. The molecule has 2 saturated carbocycles. The predicted octanol–water partition coefficient (Wildman–Crippen LogP) is 3.75. The maximum atomic E-state index is 14.1. The van der Waals surface area contributed by atoms with Gasteiger partial charge in [-0.15, -0.1) is 0 Å². The van der Waals surface area contributed by atoms with E-state index in [1.807, 2.05) is 18.0 Å². The van der Waals surface area contributed by atoms with Crippen LogP contribution in [0.3, 0.4) is 0 Å². The van der Waals surface area contributed by atoms with Crippen molar-refractivity contribution in [1.29, 1.82) is 0 Å². The van der Waals surface area contributed by atoms with E-state index in [-0.39, 0.29) is 35.5 Å². The lowest BCUT2D eigenvalue weighted by Crippen LogP contribution is -2.58. The highest BCUT2D eigenvalue weighted by atomic mass is 19.3. The van der Waals surface area contributed by atoms with E-state index in [4.69, 9.17) is 5.73 Å². The molecule has 202 valence electrons. The summed E-state index contributed by atoms with van der Waals surface area (Å²) < 4.78 is 26.1. The molecule has 1 spiro atoms. The van der Waals surface area contributed by atoms with Gasteiger partial charge >= 0.3 is 0 Å². The molecule has 8 heteroatoms. The summed E-state index contributed by atoms with van der Waals surface area (Å²) in [7, 11) is 2.04. The van der Waals surface area contributed by atoms with Crippen molar-refractivity contribution in [1.82, 2.24) is 14.7 Å². The van der Waals surface area contributed by atoms with Gasteiger partial charge in [-0.3, -0.25) is 9.59 Å². The Morgan fingerprint density at radius 2 is 1.78 bits per heavy atom. The minimum Gasteiger partial charge on any atom is -0.335 e. The highest BCUT2D eigenvalue weighted by Gasteiger charge is 2.58. The standard InChI is InChI=1S/C29H40F2N4O2/c1-33(23-13-19(14-23)26(30)31)21-7-9-24(32)27(36)35-22(15-21)8-10-25(35)28(37)34-17-20(16-29(34)11-12-29)18-5-3-2-4-6-18/h2-6,19-26H,7-17,32H2,1H3/t19?,20-,21+,22-,23?,24+,25+/m1/s1. The van der Waals surface area contributed by atoms with Gasteiger partial charge in [0.05, 0.1) is 6.04 Å². The van der Waals surface area contributed by atoms with Gasteiger partial charge in [-0.25, -0.2) is 8.78 Å². The number of rotatable bonds is 5. The van der Waals surface area contributed by atoms with E-state index in [2.05, 4.69) is 34.1 Å². The number of nitrogens with zero attached hydrogens (tertiary/aromatic N) is 3. The molecule has 3 heterocycles. The summed E-state index contributed by atoms with van der Waals surface area (Å²) in [6, 6.07) is 9.74. The van der Waals surface area contributed by atoms with Crippen LogP contribution in [0.15, 0.2) is 30.3 Å². The monoisotopic (exact) mass is 514 g/mol. The molecule has 2 N–H and O–H groups in total. The van der Waals surface area contributed by atoms with E-state index in [0.717, 1.165) is 45.1 Å². The summed E-state index contributed by atoms with van der Waals surface area (Å²) in [6.07, 6.45) is 5.51. The van der Waals surface area contributed by atoms with Crippen molar-refractivity contribution >= 4 is 11.8 Å². The SMILES string of the molecule is CN(C1CC(C(F)F)C1)[C@H]1CC[C@H](N)C(=O)N2[C@H](CC[C@H]2C(=O)N2C[C@H](c3ccccc3)CC23CC3)C1. The average Bonchev–Trinajstić information content (AvgIpc) is 3.34. The van der Waals surface area contributed by atoms with Crippen molar-refractivity contribution < 1.29 is 18.4 Å². The van der Waals surface area contributed by atoms with Gasteiger partial charge in [-0.2, -0.15) is 0 Å². The van der Waals surface area contributed by atoms with Gasteiger partial charge in [0.1, 0.15) is 6.04 Å². The van der Waals surface area contributed by atoms with E-state index < -0.39 is 24.4 Å². The van der Waals surface area contributed by atoms with Crippen LogP contribution in [0.1, 0.15) is 75.7 Å². The third-order valence-electron chi connectivity index (χ3n) is 10.3. The van der Waals surface area contributed by atoms with Crippen LogP contribution in [0.5, 0.6) is 0 Å². The summed E-state index contributed by atoms with van der Waals surface area (Å²) in [5.41, 5.74) is 7.64. The van der Waals surface area contributed by atoms with Crippen molar-refractivity contribution in [3.05, 3.63) is 35.9 Å². The number of halogens is 2. The molecule has 1 aromatic carbocycles. The Kier molecular flexibility index (Phi) is 6.55. The topological polar surface area (TPSA) is 69.9 Å². The van der Waals surface area contributed by atoms with Gasteiger partial charge in [-0.05, 0) is 76.8 Å². The maximum absolute atomic E-state index is 14.1. The van der Waals surface area contributed by atoms with Gasteiger partial charge < -0.3 is 20.4 Å². The molecular formula is C29H40F2N4O2. The number of carbonyl (C=O) groups excluding carboxylic acids is 2. The number of benzene rings is 1. The second-order valence-corrected chi connectivity index (χ2v) is 12.4. The van der Waals surface area contributed by atoms with Crippen LogP contribution in [0.4, 0.5) is 8.78 Å². The fourth-order valence-corrected chi connectivity index (χ4v) is 7.76. The van der Waals surface area contributed by atoms with Gasteiger partial charge in [0.15, 0.2) is 0 Å². The Balaban J connectivity index is 1.17. The number of amides is 2. The van der Waals surface area contributed by atoms with Crippen molar-refractivity contribution in [3.63, 3.8) is 0 Å². The number of likely N-dealkylation sites (tertiary alicyclic amines) is 1. The third kappa shape index (κ3) is 4.48. The lowest BCUT2D eigenvalue weighted by atomic mass is 9.78. The fraction of sp³-hybridized carbons (Fsp3) is 0.724. The first-order valence-corrected chi connectivity index (χ1v) is 14.2. The van der Waals surface area contributed by atoms with Crippen molar-refractivity contribution in [2.75, 3.05) is 13.6 Å². The molecule has 5 atom stereocenters. The molecule has 37 heavy (non-hydrogen) atoms. The summed E-state index contributed by atoms with van der Waals surface area (Å²) in [4.78, 5) is 33.8. The van der Waals surface area contributed by atoms with Crippen LogP contribution in [-0.4, -0.2) is 82.3 Å². The fourth-order valence-electron chi connectivity index (χ4n) is 7.76. The minimum absolute atomic E-state index is 0.0195. The second-order valence-electron chi connectivity index (χ2n) is 12.4. The van der Waals surface area contributed by atoms with Gasteiger partial charge in [-0.1, -0.05) is 30.3 Å². The number of carbonyl (C=O) groups is 2. The third-order valence-corrected chi connectivity index (χ3v) is 10.3. The Bertz CT molecular complexity index is 1010. The van der Waals surface area contributed by atoms with E-state index in [9.17, 15) is 18.4 Å². The molecule has 2 amide bonds. The molecule has 6 rings (SSSR count). The Hall–Kier alpha value is -2.06. The van der Waals surface area contributed by atoms with Crippen LogP contribution in [0.2, 0.25) is 0 Å². The first-order valence-electron chi connectivity index (χ1n) is 14.2. The molecule has 0 radical (unpaired) electrons. The lowest BCUT2D eigenvalue weighted by molar-refractivity contribution is -0.148. The number of fused-ring (bicyclic) bond motifs is 1. The smallest absolute Gasteiger partial charge is 0.245 e. The number of hydrogen-bond acceptors (Lipinski definition) is 4. The molecule has 0 bridgehead atoms. The van der Waals surface area contributed by atoms with Crippen LogP contribution >= 0.6 is 0 Å². The average molecular weight is 515 g/mol. The van der Waals surface area contributed by atoms with E-state index in [1.54, 1.807) is 0 Å². The number of nitrogens with two attached hydrogens (primary N) is 1. The van der Waals surface area contributed by atoms with Crippen LogP contribution in [0.25, 0.3) is 0 Å². The van der Waals surface area contributed by atoms with E-state index in [1.165, 1.54) is 5.56 Å². The van der Waals surface area contributed by atoms with Crippen LogP contribution in [0, 0.1) is 5.92 Å². The molecule has 3 aliphatic heterocycles. The second kappa shape index (κ2) is 9.60. The zero-order valence-electron chi connectivity index (χ0n) is 21.8. The molecule has 1 aromatic rings. The van der Waals surface area contributed by atoms with E-state index >= 15 is 0 Å². The van der Waals surface area contributed by atoms with Gasteiger partial charge in [0.25, 0.3) is 0 Å². The zero-order valence-corrected chi connectivity index (χ0v) is 21.8. The summed E-state index contributed by atoms with van der Waals surface area (Å²) in [6.45, 7) is 0.719. The number of alkyl halides is 2. The summed E-state index contributed by atoms with van der Waals surface area (Å²) >= 11 is 0. The van der Waals surface area contributed by atoms with Crippen molar-refractivity contribution in [2.24, 2.45) is 11.7 Å². The Morgan fingerprint density at radius 1 is 1.05 bits per heavy atom.